The van der Waals surface area contributed by atoms with E-state index in [-0.39, 0.29) is 5.56 Å². The monoisotopic (exact) mass is 557 g/mol. The molecular formula is C32H26F3N3O3. The number of aliphatic hydroxyl groups excluding tert-OH is 1. The van der Waals surface area contributed by atoms with Crippen molar-refractivity contribution >= 4 is 23.2 Å². The molecule has 0 spiro atoms. The van der Waals surface area contributed by atoms with Crippen molar-refractivity contribution in [2.24, 2.45) is 4.99 Å². The van der Waals surface area contributed by atoms with Crippen molar-refractivity contribution in [3.05, 3.63) is 137 Å². The fourth-order valence-electron chi connectivity index (χ4n) is 5.05. The van der Waals surface area contributed by atoms with Crippen molar-refractivity contribution in [2.75, 3.05) is 18.6 Å². The Kier molecular flexibility index (Phi) is 7.98. The number of benzene rings is 4. The van der Waals surface area contributed by atoms with Gasteiger partial charge in [0.25, 0.3) is 5.91 Å². The van der Waals surface area contributed by atoms with Crippen molar-refractivity contribution in [1.82, 2.24) is 5.32 Å². The molecule has 2 amide bonds. The minimum Gasteiger partial charge on any atom is -0.396 e. The molecule has 1 heterocycles. The lowest BCUT2D eigenvalue weighted by Crippen LogP contribution is -2.48. The number of nitrogens with one attached hydrogen (secondary N) is 1. The smallest absolute Gasteiger partial charge is 0.272 e. The number of likely N-dealkylation sites (N-methyl/N-ethyl adjacent to an activating group) is 1. The fourth-order valence-corrected chi connectivity index (χ4v) is 5.05. The molecule has 41 heavy (non-hydrogen) atoms. The van der Waals surface area contributed by atoms with Gasteiger partial charge in [0.15, 0.2) is 11.6 Å². The lowest BCUT2D eigenvalue weighted by atomic mass is 9.81. The zero-order valence-corrected chi connectivity index (χ0v) is 22.0. The molecule has 6 nitrogen and oxygen atoms in total. The Morgan fingerprint density at radius 3 is 2.24 bits per heavy atom. The van der Waals surface area contributed by atoms with Crippen LogP contribution in [0, 0.1) is 17.5 Å². The van der Waals surface area contributed by atoms with E-state index in [2.05, 4.69) is 5.32 Å². The standard InChI is InChI=1S/C32H26F3N3O3/c1-38-27-10-6-5-9-23(27)29(20-7-3-2-4-8-20)36-30(32(38)41)37-31(40)28(19-11-14-22(33)15-12-19)24(18-39)21-13-16-25(34)26(35)17-21/h2-17,24,28,30,39H,18H2,1H3,(H,37,40)/t24-,28+,30+/m0/s1. The number of hydrogen-bond donors (Lipinski definition) is 2. The molecule has 2 N–H and O–H groups in total. The van der Waals surface area contributed by atoms with Crippen LogP contribution in [-0.4, -0.2) is 42.5 Å². The second kappa shape index (κ2) is 11.8. The number of hydrogen-bond acceptors (Lipinski definition) is 4. The van der Waals surface area contributed by atoms with Gasteiger partial charge < -0.3 is 15.3 Å². The van der Waals surface area contributed by atoms with Crippen molar-refractivity contribution in [3.63, 3.8) is 0 Å². The molecule has 0 saturated carbocycles. The summed E-state index contributed by atoms with van der Waals surface area (Å²) >= 11 is 0. The van der Waals surface area contributed by atoms with Crippen molar-refractivity contribution in [2.45, 2.75) is 18.0 Å². The van der Waals surface area contributed by atoms with Gasteiger partial charge in [-0.15, -0.1) is 0 Å². The maximum atomic E-state index is 14.2. The molecule has 4 aromatic carbocycles. The SMILES string of the molecule is CN1C(=O)[C@@H](NC(=O)[C@H](c2ccc(F)cc2)[C@@H](CO)c2ccc(F)c(F)c2)N=C(c2ccccc2)c2ccccc21. The molecule has 5 rings (SSSR count). The Bertz CT molecular complexity index is 1610. The Hall–Kier alpha value is -4.76. The average Bonchev–Trinajstić information content (AvgIpc) is 3.09. The van der Waals surface area contributed by atoms with Crippen LogP contribution in [0.1, 0.15) is 34.1 Å². The predicted molar refractivity (Wildman–Crippen MR) is 149 cm³/mol. The molecule has 3 atom stereocenters. The first kappa shape index (κ1) is 27.8. The molecule has 0 saturated heterocycles. The van der Waals surface area contributed by atoms with Crippen LogP contribution in [0.2, 0.25) is 0 Å². The third-order valence-electron chi connectivity index (χ3n) is 7.15. The zero-order chi connectivity index (χ0) is 29.1. The fraction of sp³-hybridized carbons (Fsp3) is 0.156. The lowest BCUT2D eigenvalue weighted by Gasteiger charge is -2.28. The Balaban J connectivity index is 1.58. The summed E-state index contributed by atoms with van der Waals surface area (Å²) in [5.74, 6) is -6.25. The largest absolute Gasteiger partial charge is 0.396 e. The summed E-state index contributed by atoms with van der Waals surface area (Å²) in [6, 6.07) is 24.6. The van der Waals surface area contributed by atoms with E-state index in [0.717, 1.165) is 29.8 Å². The van der Waals surface area contributed by atoms with Crippen LogP contribution in [0.15, 0.2) is 102 Å². The lowest BCUT2D eigenvalue weighted by molar-refractivity contribution is -0.128. The Morgan fingerprint density at radius 2 is 1.56 bits per heavy atom. The molecule has 0 aromatic heterocycles. The number of para-hydroxylation sites is 1. The first-order chi connectivity index (χ1) is 19.8. The van der Waals surface area contributed by atoms with Crippen molar-refractivity contribution in [3.8, 4) is 0 Å². The van der Waals surface area contributed by atoms with E-state index in [9.17, 15) is 27.9 Å². The Labute approximate surface area is 234 Å². The third kappa shape index (κ3) is 5.62. The van der Waals surface area contributed by atoms with Crippen molar-refractivity contribution in [1.29, 1.82) is 0 Å². The van der Waals surface area contributed by atoms with Gasteiger partial charge in [0.1, 0.15) is 5.82 Å². The molecule has 0 bridgehead atoms. The van der Waals surface area contributed by atoms with Gasteiger partial charge in [-0.05, 0) is 41.5 Å². The third-order valence-corrected chi connectivity index (χ3v) is 7.15. The number of nitrogens with zero attached hydrogens (tertiary/aromatic N) is 2. The number of carbonyl (C=O) groups is 2. The average molecular weight is 558 g/mol. The van der Waals surface area contributed by atoms with Crippen LogP contribution in [0.5, 0.6) is 0 Å². The summed E-state index contributed by atoms with van der Waals surface area (Å²) in [5.41, 5.74) is 2.96. The molecule has 4 aromatic rings. The number of aliphatic hydroxyl groups is 1. The van der Waals surface area contributed by atoms with Crippen molar-refractivity contribution < 1.29 is 27.9 Å². The summed E-state index contributed by atoms with van der Waals surface area (Å²) in [6.45, 7) is -0.622. The number of aliphatic imine (C=N–C) groups is 1. The number of anilines is 1. The summed E-state index contributed by atoms with van der Waals surface area (Å²) in [7, 11) is 1.58. The normalized spacial score (nSPS) is 16.3. The second-order valence-electron chi connectivity index (χ2n) is 9.66. The van der Waals surface area contributed by atoms with E-state index in [0.29, 0.717) is 22.5 Å². The van der Waals surface area contributed by atoms with Crippen LogP contribution in [0.3, 0.4) is 0 Å². The molecule has 0 aliphatic carbocycles. The quantitative estimate of drug-likeness (QED) is 0.339. The van der Waals surface area contributed by atoms with Gasteiger partial charge >= 0.3 is 0 Å². The number of carbonyl (C=O) groups excluding carboxylic acids is 2. The summed E-state index contributed by atoms with van der Waals surface area (Å²) in [5, 5.41) is 13.1. The number of fused-ring (bicyclic) bond motifs is 1. The van der Waals surface area contributed by atoms with Crippen LogP contribution < -0.4 is 10.2 Å². The number of benzodiazepines with no additional fused rings is 1. The van der Waals surface area contributed by atoms with Crippen LogP contribution in [-0.2, 0) is 9.59 Å². The van der Waals surface area contributed by atoms with E-state index in [4.69, 9.17) is 4.99 Å². The summed E-state index contributed by atoms with van der Waals surface area (Å²) in [4.78, 5) is 33.7. The van der Waals surface area contributed by atoms with E-state index in [1.807, 2.05) is 42.5 Å². The first-order valence-electron chi connectivity index (χ1n) is 12.9. The highest BCUT2D eigenvalue weighted by molar-refractivity contribution is 6.20. The molecular weight excluding hydrogens is 531 g/mol. The predicted octanol–water partition coefficient (Wildman–Crippen LogP) is 4.92. The topological polar surface area (TPSA) is 82.0 Å². The highest BCUT2D eigenvalue weighted by Gasteiger charge is 2.36. The molecule has 1 aliphatic heterocycles. The van der Waals surface area contributed by atoms with Gasteiger partial charge in [-0.25, -0.2) is 18.2 Å². The second-order valence-corrected chi connectivity index (χ2v) is 9.66. The summed E-state index contributed by atoms with van der Waals surface area (Å²) in [6.07, 6.45) is -1.36. The maximum Gasteiger partial charge on any atom is 0.272 e. The molecule has 208 valence electrons. The number of halogens is 3. The number of rotatable bonds is 7. The first-order valence-corrected chi connectivity index (χ1v) is 12.9. The molecule has 0 unspecified atom stereocenters. The Morgan fingerprint density at radius 1 is 0.902 bits per heavy atom. The number of amides is 2. The summed E-state index contributed by atoms with van der Waals surface area (Å²) < 4.78 is 41.7. The van der Waals surface area contributed by atoms with E-state index in [1.54, 1.807) is 19.2 Å². The van der Waals surface area contributed by atoms with E-state index < -0.39 is 53.9 Å². The van der Waals surface area contributed by atoms with Gasteiger partial charge in [-0.3, -0.25) is 9.59 Å². The minimum atomic E-state index is -1.36. The molecule has 9 heteroatoms. The van der Waals surface area contributed by atoms with Gasteiger partial charge in [0.2, 0.25) is 12.1 Å². The van der Waals surface area contributed by atoms with E-state index in [1.165, 1.54) is 23.1 Å². The maximum absolute atomic E-state index is 14.2. The molecule has 0 fully saturated rings. The minimum absolute atomic E-state index is 0.154. The highest BCUT2D eigenvalue weighted by Crippen LogP contribution is 2.35. The van der Waals surface area contributed by atoms with Crippen LogP contribution in [0.4, 0.5) is 18.9 Å². The zero-order valence-electron chi connectivity index (χ0n) is 22.0. The highest BCUT2D eigenvalue weighted by atomic mass is 19.2. The van der Waals surface area contributed by atoms with E-state index >= 15 is 0 Å². The van der Waals surface area contributed by atoms with Gasteiger partial charge in [-0.2, -0.15) is 0 Å². The molecule has 1 aliphatic rings. The van der Waals surface area contributed by atoms with Gasteiger partial charge in [-0.1, -0.05) is 66.7 Å². The van der Waals surface area contributed by atoms with Crippen LogP contribution >= 0.6 is 0 Å². The van der Waals surface area contributed by atoms with Gasteiger partial charge in [0.05, 0.1) is 23.9 Å². The van der Waals surface area contributed by atoms with Gasteiger partial charge in [0, 0.05) is 24.1 Å². The molecule has 0 radical (unpaired) electrons. The van der Waals surface area contributed by atoms with Crippen LogP contribution in [0.25, 0.3) is 0 Å².